The molecule has 0 spiro atoms. The minimum Gasteiger partial charge on any atom is -0.481 e. The fraction of sp³-hybridized carbons (Fsp3) is 0.182. The van der Waals surface area contributed by atoms with Gasteiger partial charge in [-0.1, -0.05) is 15.9 Å². The Labute approximate surface area is 185 Å². The van der Waals surface area contributed by atoms with Crippen molar-refractivity contribution in [3.8, 4) is 5.88 Å². The fourth-order valence-corrected chi connectivity index (χ4v) is 3.38. The maximum absolute atomic E-state index is 13.3. The molecule has 3 rings (SSSR count). The highest BCUT2D eigenvalue weighted by molar-refractivity contribution is 9.10. The predicted octanol–water partition coefficient (Wildman–Crippen LogP) is 6.48. The second-order valence-electron chi connectivity index (χ2n) is 6.78. The minimum atomic E-state index is -4.54. The van der Waals surface area contributed by atoms with Gasteiger partial charge in [0.15, 0.2) is 0 Å². The molecule has 0 bridgehead atoms. The van der Waals surface area contributed by atoms with Gasteiger partial charge >= 0.3 is 6.18 Å². The van der Waals surface area contributed by atoms with Crippen molar-refractivity contribution in [1.29, 1.82) is 0 Å². The van der Waals surface area contributed by atoms with Gasteiger partial charge in [0.2, 0.25) is 5.88 Å². The van der Waals surface area contributed by atoms with E-state index < -0.39 is 17.6 Å². The number of amides is 1. The van der Waals surface area contributed by atoms with Crippen LogP contribution in [0.1, 0.15) is 27.2 Å². The van der Waals surface area contributed by atoms with Crippen LogP contribution in [0.25, 0.3) is 0 Å². The molecule has 1 amide bonds. The first-order chi connectivity index (χ1) is 14.6. The number of ether oxygens (including phenoxy) is 1. The molecule has 31 heavy (non-hydrogen) atoms. The smallest absolute Gasteiger partial charge is 0.416 e. The maximum Gasteiger partial charge on any atom is 0.416 e. The highest BCUT2D eigenvalue weighted by atomic mass is 79.9. The number of rotatable bonds is 5. The third kappa shape index (κ3) is 5.35. The van der Waals surface area contributed by atoms with Crippen LogP contribution in [0.3, 0.4) is 0 Å². The quantitative estimate of drug-likeness (QED) is 0.426. The lowest BCUT2D eigenvalue weighted by Gasteiger charge is -2.17. The number of hydrogen-bond acceptors (Lipinski definition) is 4. The van der Waals surface area contributed by atoms with Gasteiger partial charge in [-0.15, -0.1) is 0 Å². The van der Waals surface area contributed by atoms with E-state index in [0.29, 0.717) is 22.9 Å². The number of nitrogens with zero attached hydrogens (tertiary/aromatic N) is 1. The minimum absolute atomic E-state index is 0.0388. The van der Waals surface area contributed by atoms with Crippen LogP contribution in [-0.2, 0) is 6.18 Å². The first kappa shape index (κ1) is 22.6. The number of hydrogen-bond donors (Lipinski definition) is 2. The van der Waals surface area contributed by atoms with Crippen molar-refractivity contribution in [1.82, 2.24) is 4.98 Å². The number of aromatic nitrogens is 1. The zero-order valence-electron chi connectivity index (χ0n) is 16.9. The number of aryl methyl sites for hydroxylation is 2. The summed E-state index contributed by atoms with van der Waals surface area (Å²) in [5.41, 5.74) is 1.56. The molecule has 1 heterocycles. The summed E-state index contributed by atoms with van der Waals surface area (Å²) >= 11 is 3.36. The molecule has 0 saturated heterocycles. The van der Waals surface area contributed by atoms with Gasteiger partial charge in [0, 0.05) is 16.2 Å². The lowest BCUT2D eigenvalue weighted by atomic mass is 10.1. The molecule has 2 aromatic carbocycles. The zero-order chi connectivity index (χ0) is 22.8. The molecule has 0 unspecified atom stereocenters. The summed E-state index contributed by atoms with van der Waals surface area (Å²) in [6.45, 7) is 3.50. The summed E-state index contributed by atoms with van der Waals surface area (Å²) in [6.07, 6.45) is -4.54. The van der Waals surface area contributed by atoms with Crippen molar-refractivity contribution in [2.24, 2.45) is 0 Å². The zero-order valence-corrected chi connectivity index (χ0v) is 18.5. The van der Waals surface area contributed by atoms with E-state index in [2.05, 4.69) is 31.5 Å². The summed E-state index contributed by atoms with van der Waals surface area (Å²) in [7, 11) is 1.48. The highest BCUT2D eigenvalue weighted by Crippen LogP contribution is 2.34. The number of alkyl halides is 3. The number of halogens is 4. The van der Waals surface area contributed by atoms with Crippen LogP contribution in [0.2, 0.25) is 0 Å². The Bertz CT molecular complexity index is 1130. The number of benzene rings is 2. The molecular weight excluding hydrogens is 475 g/mol. The number of anilines is 3. The predicted molar refractivity (Wildman–Crippen MR) is 117 cm³/mol. The third-order valence-electron chi connectivity index (χ3n) is 4.57. The standard InChI is InChI=1S/C22H19BrF3N3O2/c1-12-10-15(23)5-7-17(12)28-19-11-14(22(24,25)26)4-6-16(19)21(30)29-18-8-9-20(31-3)27-13(18)2/h4-11,28H,1-3H3,(H,29,30). The van der Waals surface area contributed by atoms with E-state index >= 15 is 0 Å². The first-order valence-corrected chi connectivity index (χ1v) is 9.95. The van der Waals surface area contributed by atoms with Gasteiger partial charge < -0.3 is 15.4 Å². The van der Waals surface area contributed by atoms with E-state index in [9.17, 15) is 18.0 Å². The molecule has 0 aliphatic heterocycles. The van der Waals surface area contributed by atoms with Crippen molar-refractivity contribution >= 4 is 38.9 Å². The van der Waals surface area contributed by atoms with Crippen LogP contribution >= 0.6 is 15.9 Å². The topological polar surface area (TPSA) is 63.2 Å². The second-order valence-corrected chi connectivity index (χ2v) is 7.70. The molecule has 0 saturated carbocycles. The average Bonchev–Trinajstić information content (AvgIpc) is 2.70. The van der Waals surface area contributed by atoms with E-state index in [1.165, 1.54) is 7.11 Å². The Morgan fingerprint density at radius 1 is 1.00 bits per heavy atom. The summed E-state index contributed by atoms with van der Waals surface area (Å²) in [4.78, 5) is 17.1. The molecule has 0 aliphatic rings. The van der Waals surface area contributed by atoms with E-state index in [4.69, 9.17) is 4.74 Å². The van der Waals surface area contributed by atoms with E-state index in [1.54, 1.807) is 31.2 Å². The monoisotopic (exact) mass is 493 g/mol. The molecule has 0 fully saturated rings. The van der Waals surface area contributed by atoms with Crippen molar-refractivity contribution in [3.63, 3.8) is 0 Å². The number of pyridine rings is 1. The second kappa shape index (κ2) is 8.97. The molecule has 162 valence electrons. The van der Waals surface area contributed by atoms with Crippen molar-refractivity contribution in [2.45, 2.75) is 20.0 Å². The Balaban J connectivity index is 1.99. The molecule has 5 nitrogen and oxygen atoms in total. The highest BCUT2D eigenvalue weighted by Gasteiger charge is 2.31. The lowest BCUT2D eigenvalue weighted by Crippen LogP contribution is -2.16. The summed E-state index contributed by atoms with van der Waals surface area (Å²) in [5.74, 6) is -0.181. The Hall–Kier alpha value is -3.07. The molecule has 1 aromatic heterocycles. The molecule has 9 heteroatoms. The Kier molecular flexibility index (Phi) is 6.54. The summed E-state index contributed by atoms with van der Waals surface area (Å²) in [5, 5.41) is 5.66. The van der Waals surface area contributed by atoms with Crippen LogP contribution in [0.5, 0.6) is 5.88 Å². The molecular formula is C22H19BrF3N3O2. The van der Waals surface area contributed by atoms with Crippen molar-refractivity contribution in [2.75, 3.05) is 17.7 Å². The number of carbonyl (C=O) groups is 1. The molecule has 0 aliphatic carbocycles. The molecule has 0 atom stereocenters. The van der Waals surface area contributed by atoms with Crippen LogP contribution in [0.4, 0.5) is 30.2 Å². The maximum atomic E-state index is 13.3. The van der Waals surface area contributed by atoms with Gasteiger partial charge in [0.25, 0.3) is 5.91 Å². The van der Waals surface area contributed by atoms with Crippen LogP contribution in [0.15, 0.2) is 53.0 Å². The summed E-state index contributed by atoms with van der Waals surface area (Å²) in [6, 6.07) is 11.5. The largest absolute Gasteiger partial charge is 0.481 e. The van der Waals surface area contributed by atoms with Gasteiger partial charge in [-0.3, -0.25) is 4.79 Å². The van der Waals surface area contributed by atoms with Crippen LogP contribution in [-0.4, -0.2) is 18.0 Å². The number of carbonyl (C=O) groups excluding carboxylic acids is 1. The first-order valence-electron chi connectivity index (χ1n) is 9.16. The number of methoxy groups -OCH3 is 1. The SMILES string of the molecule is COc1ccc(NC(=O)c2ccc(C(F)(F)F)cc2Nc2ccc(Br)cc2C)c(C)n1. The van der Waals surface area contributed by atoms with Gasteiger partial charge in [-0.2, -0.15) is 13.2 Å². The lowest BCUT2D eigenvalue weighted by molar-refractivity contribution is -0.137. The Morgan fingerprint density at radius 3 is 2.32 bits per heavy atom. The van der Waals surface area contributed by atoms with E-state index in [0.717, 1.165) is 28.2 Å². The van der Waals surface area contributed by atoms with Crippen molar-refractivity contribution in [3.05, 3.63) is 75.4 Å². The van der Waals surface area contributed by atoms with Gasteiger partial charge in [0.05, 0.1) is 35.3 Å². The summed E-state index contributed by atoms with van der Waals surface area (Å²) < 4.78 is 45.7. The van der Waals surface area contributed by atoms with Gasteiger partial charge in [-0.25, -0.2) is 4.98 Å². The van der Waals surface area contributed by atoms with Crippen LogP contribution < -0.4 is 15.4 Å². The van der Waals surface area contributed by atoms with E-state index in [-0.39, 0.29) is 11.3 Å². The molecule has 0 radical (unpaired) electrons. The van der Waals surface area contributed by atoms with Gasteiger partial charge in [0.1, 0.15) is 0 Å². The average molecular weight is 494 g/mol. The van der Waals surface area contributed by atoms with Crippen LogP contribution in [0, 0.1) is 13.8 Å². The fourth-order valence-electron chi connectivity index (χ4n) is 2.91. The molecule has 2 N–H and O–H groups in total. The Morgan fingerprint density at radius 2 is 1.71 bits per heavy atom. The number of nitrogens with one attached hydrogen (secondary N) is 2. The third-order valence-corrected chi connectivity index (χ3v) is 5.06. The molecule has 3 aromatic rings. The van der Waals surface area contributed by atoms with E-state index in [1.807, 2.05) is 13.0 Å². The normalized spacial score (nSPS) is 11.2. The van der Waals surface area contributed by atoms with Gasteiger partial charge in [-0.05, 0) is 61.9 Å². The van der Waals surface area contributed by atoms with Crippen molar-refractivity contribution < 1.29 is 22.7 Å².